The zero-order chi connectivity index (χ0) is 23.4. The molecule has 0 saturated carbocycles. The highest BCUT2D eigenvalue weighted by molar-refractivity contribution is 9.10. The molecule has 2 atom stereocenters. The van der Waals surface area contributed by atoms with Crippen molar-refractivity contribution in [1.82, 2.24) is 20.1 Å². The van der Waals surface area contributed by atoms with Crippen molar-refractivity contribution in [2.75, 3.05) is 31.1 Å². The first-order valence-electron chi connectivity index (χ1n) is 10.9. The normalized spacial score (nSPS) is 20.0. The van der Waals surface area contributed by atoms with Gasteiger partial charge < -0.3 is 19.3 Å². The fourth-order valence-corrected chi connectivity index (χ4v) is 4.47. The van der Waals surface area contributed by atoms with Crippen LogP contribution in [0.3, 0.4) is 0 Å². The summed E-state index contributed by atoms with van der Waals surface area (Å²) in [6.07, 6.45) is 4.56. The van der Waals surface area contributed by atoms with Gasteiger partial charge in [0, 0.05) is 38.3 Å². The Labute approximate surface area is 199 Å². The number of nitrogens with one attached hydrogen (secondary N) is 1. The summed E-state index contributed by atoms with van der Waals surface area (Å²) in [5.74, 6) is 1.21. The Morgan fingerprint density at radius 1 is 1.24 bits per heavy atom. The molecule has 0 radical (unpaired) electrons. The smallest absolute Gasteiger partial charge is 0.282 e. The Kier molecular flexibility index (Phi) is 7.25. The number of nitriles is 1. The van der Waals surface area contributed by atoms with E-state index in [9.17, 15) is 9.59 Å². The van der Waals surface area contributed by atoms with E-state index < -0.39 is 6.10 Å². The number of carbonyl (C=O) groups is 1. The van der Waals surface area contributed by atoms with Crippen LogP contribution < -0.4 is 15.2 Å². The zero-order valence-electron chi connectivity index (χ0n) is 18.2. The van der Waals surface area contributed by atoms with Crippen LogP contribution in [0.4, 0.5) is 5.82 Å². The average molecular weight is 517 g/mol. The van der Waals surface area contributed by atoms with Gasteiger partial charge in [0.05, 0.1) is 18.4 Å². The molecule has 0 spiro atoms. The second-order valence-electron chi connectivity index (χ2n) is 8.18. The van der Waals surface area contributed by atoms with Crippen molar-refractivity contribution in [3.8, 4) is 11.8 Å². The SMILES string of the molecule is CC(CO[C@@H]1CCN(C2CCN(c3ccc(C#N)cn3)CC2)C1=O)Oc1cn[nH]c(=O)c1Br. The molecule has 33 heavy (non-hydrogen) atoms. The van der Waals surface area contributed by atoms with Gasteiger partial charge in [0.2, 0.25) is 0 Å². The highest BCUT2D eigenvalue weighted by Gasteiger charge is 2.38. The average Bonchev–Trinajstić information content (AvgIpc) is 3.21. The van der Waals surface area contributed by atoms with Gasteiger partial charge in [-0.2, -0.15) is 10.4 Å². The molecule has 1 unspecified atom stereocenters. The minimum atomic E-state index is -0.477. The second-order valence-corrected chi connectivity index (χ2v) is 8.98. The minimum Gasteiger partial charge on any atom is -0.485 e. The minimum absolute atomic E-state index is 0.0242. The number of carbonyl (C=O) groups excluding carboxylic acids is 1. The topological polar surface area (TPSA) is 124 Å². The summed E-state index contributed by atoms with van der Waals surface area (Å²) in [5.41, 5.74) is 0.173. The van der Waals surface area contributed by atoms with Gasteiger partial charge in [0.25, 0.3) is 11.5 Å². The van der Waals surface area contributed by atoms with E-state index in [4.69, 9.17) is 14.7 Å². The van der Waals surface area contributed by atoms with Gasteiger partial charge in [0.15, 0.2) is 5.75 Å². The summed E-state index contributed by atoms with van der Waals surface area (Å²) >= 11 is 3.18. The van der Waals surface area contributed by atoms with Crippen molar-refractivity contribution >= 4 is 27.7 Å². The number of hydrogen-bond acceptors (Lipinski definition) is 8. The molecule has 174 valence electrons. The number of likely N-dealkylation sites (tertiary alicyclic amines) is 1. The zero-order valence-corrected chi connectivity index (χ0v) is 19.8. The van der Waals surface area contributed by atoms with Crippen LogP contribution in [0.15, 0.2) is 33.8 Å². The van der Waals surface area contributed by atoms with Crippen molar-refractivity contribution in [2.45, 2.75) is 44.4 Å². The fraction of sp³-hybridized carbons (Fsp3) is 0.500. The molecule has 4 rings (SSSR count). The Hall–Kier alpha value is -2.97. The number of hydrogen-bond donors (Lipinski definition) is 1. The van der Waals surface area contributed by atoms with Gasteiger partial charge >= 0.3 is 0 Å². The summed E-state index contributed by atoms with van der Waals surface area (Å²) in [4.78, 5) is 33.0. The van der Waals surface area contributed by atoms with Gasteiger partial charge in [-0.1, -0.05) is 0 Å². The Bertz CT molecular complexity index is 1080. The molecule has 2 fully saturated rings. The summed E-state index contributed by atoms with van der Waals surface area (Å²) < 4.78 is 11.9. The molecule has 0 aromatic carbocycles. The van der Waals surface area contributed by atoms with E-state index >= 15 is 0 Å². The van der Waals surface area contributed by atoms with Crippen molar-refractivity contribution in [3.63, 3.8) is 0 Å². The number of ether oxygens (including phenoxy) is 2. The molecule has 2 saturated heterocycles. The Morgan fingerprint density at radius 3 is 2.73 bits per heavy atom. The predicted octanol–water partition coefficient (Wildman–Crippen LogP) is 1.85. The number of H-pyrrole nitrogens is 1. The van der Waals surface area contributed by atoms with E-state index in [1.165, 1.54) is 6.20 Å². The standard InChI is InChI=1S/C22H25BrN6O4/c1-14(33-18-12-26-27-21(30)20(18)23)13-32-17-6-9-29(22(17)31)16-4-7-28(8-5-16)19-3-2-15(10-24)11-25-19/h2-3,11-12,14,16-17H,4-9,13H2,1H3,(H,27,30)/t14?,17-/m1/s1. The number of aromatic amines is 1. The molecular weight excluding hydrogens is 492 g/mol. The lowest BCUT2D eigenvalue weighted by molar-refractivity contribution is -0.140. The third-order valence-electron chi connectivity index (χ3n) is 5.92. The Balaban J connectivity index is 1.25. The van der Waals surface area contributed by atoms with Gasteiger partial charge in [-0.15, -0.1) is 0 Å². The molecule has 2 aliphatic heterocycles. The van der Waals surface area contributed by atoms with E-state index in [0.29, 0.717) is 24.3 Å². The number of amides is 1. The van der Waals surface area contributed by atoms with Gasteiger partial charge in [0.1, 0.15) is 28.6 Å². The summed E-state index contributed by atoms with van der Waals surface area (Å²) in [6, 6.07) is 5.91. The highest BCUT2D eigenvalue weighted by Crippen LogP contribution is 2.26. The molecule has 2 aromatic rings. The largest absolute Gasteiger partial charge is 0.485 e. The maximum atomic E-state index is 12.9. The monoisotopic (exact) mass is 516 g/mol. The van der Waals surface area contributed by atoms with Gasteiger partial charge in [-0.3, -0.25) is 9.59 Å². The molecule has 0 aliphatic carbocycles. The third kappa shape index (κ3) is 5.34. The summed E-state index contributed by atoms with van der Waals surface area (Å²) in [7, 11) is 0. The van der Waals surface area contributed by atoms with E-state index in [1.54, 1.807) is 12.3 Å². The van der Waals surface area contributed by atoms with E-state index in [2.05, 4.69) is 42.1 Å². The number of nitrogens with zero attached hydrogens (tertiary/aromatic N) is 5. The first-order chi connectivity index (χ1) is 16.0. The number of aromatic nitrogens is 3. The molecule has 2 aromatic heterocycles. The summed E-state index contributed by atoms with van der Waals surface area (Å²) in [6.45, 7) is 4.35. The highest BCUT2D eigenvalue weighted by atomic mass is 79.9. The molecule has 1 N–H and O–H groups in total. The quantitative estimate of drug-likeness (QED) is 0.590. The van der Waals surface area contributed by atoms with Crippen LogP contribution in [0.2, 0.25) is 0 Å². The van der Waals surface area contributed by atoms with Gasteiger partial charge in [-0.05, 0) is 47.8 Å². The molecule has 1 amide bonds. The van der Waals surface area contributed by atoms with E-state index in [0.717, 1.165) is 31.7 Å². The number of pyridine rings is 1. The number of piperidine rings is 1. The first-order valence-corrected chi connectivity index (χ1v) is 11.7. The molecule has 10 nitrogen and oxygen atoms in total. The third-order valence-corrected chi connectivity index (χ3v) is 6.67. The summed E-state index contributed by atoms with van der Waals surface area (Å²) in [5, 5.41) is 15.0. The molecule has 2 aliphatic rings. The molecule has 4 heterocycles. The lowest BCUT2D eigenvalue weighted by Crippen LogP contribution is -2.47. The fourth-order valence-electron chi connectivity index (χ4n) is 4.19. The van der Waals surface area contributed by atoms with E-state index in [-0.39, 0.29) is 34.7 Å². The molecular formula is C22H25BrN6O4. The maximum absolute atomic E-state index is 12.9. The lowest BCUT2D eigenvalue weighted by atomic mass is 10.0. The lowest BCUT2D eigenvalue weighted by Gasteiger charge is -2.37. The van der Waals surface area contributed by atoms with Crippen molar-refractivity contribution in [1.29, 1.82) is 5.26 Å². The van der Waals surface area contributed by atoms with Crippen LogP contribution in [0.1, 0.15) is 31.7 Å². The Morgan fingerprint density at radius 2 is 2.03 bits per heavy atom. The van der Waals surface area contributed by atoms with E-state index in [1.807, 2.05) is 17.9 Å². The van der Waals surface area contributed by atoms with Crippen LogP contribution in [0.5, 0.6) is 5.75 Å². The predicted molar refractivity (Wildman–Crippen MR) is 123 cm³/mol. The van der Waals surface area contributed by atoms with Crippen molar-refractivity contribution in [2.24, 2.45) is 0 Å². The number of halogens is 1. The van der Waals surface area contributed by atoms with Crippen LogP contribution in [0.25, 0.3) is 0 Å². The van der Waals surface area contributed by atoms with Crippen molar-refractivity contribution in [3.05, 3.63) is 44.9 Å². The number of anilines is 1. The van der Waals surface area contributed by atoms with Crippen LogP contribution in [-0.2, 0) is 9.53 Å². The second kappa shape index (κ2) is 10.3. The maximum Gasteiger partial charge on any atom is 0.282 e. The van der Waals surface area contributed by atoms with Crippen LogP contribution in [0, 0.1) is 11.3 Å². The number of rotatable bonds is 7. The molecule has 11 heteroatoms. The van der Waals surface area contributed by atoms with Gasteiger partial charge in [-0.25, -0.2) is 10.1 Å². The molecule has 0 bridgehead atoms. The van der Waals surface area contributed by atoms with Crippen LogP contribution in [-0.4, -0.2) is 70.5 Å². The van der Waals surface area contributed by atoms with Crippen LogP contribution >= 0.6 is 15.9 Å². The first kappa shape index (κ1) is 23.2. The van der Waals surface area contributed by atoms with Crippen molar-refractivity contribution < 1.29 is 14.3 Å².